The molecule has 0 saturated heterocycles. The number of ether oxygens (including phenoxy) is 1. The molecular formula is C22H13ClFN3O7S2. The predicted molar refractivity (Wildman–Crippen MR) is 131 cm³/mol. The molecule has 0 aliphatic carbocycles. The van der Waals surface area contributed by atoms with Gasteiger partial charge in [0.2, 0.25) is 0 Å². The van der Waals surface area contributed by atoms with Crippen LogP contribution in [0, 0.1) is 5.82 Å². The Hall–Kier alpha value is -3.94. The van der Waals surface area contributed by atoms with Gasteiger partial charge in [-0.2, -0.15) is 0 Å². The van der Waals surface area contributed by atoms with Gasteiger partial charge in [-0.1, -0.05) is 17.7 Å². The van der Waals surface area contributed by atoms with E-state index in [2.05, 4.69) is 4.98 Å². The zero-order valence-electron chi connectivity index (χ0n) is 18.0. The minimum Gasteiger partial charge on any atom is -0.495 e. The van der Waals surface area contributed by atoms with Crippen molar-refractivity contribution < 1.29 is 27.4 Å². The number of benzene rings is 2. The summed E-state index contributed by atoms with van der Waals surface area (Å²) < 4.78 is 48.8. The summed E-state index contributed by atoms with van der Waals surface area (Å²) in [6.07, 6.45) is 1.27. The summed E-state index contributed by atoms with van der Waals surface area (Å²) in [5.41, 5.74) is -2.73. The Balaban J connectivity index is 1.82. The largest absolute Gasteiger partial charge is 0.495 e. The number of aromatic carboxylic acids is 1. The highest BCUT2D eigenvalue weighted by atomic mass is 35.5. The van der Waals surface area contributed by atoms with Crippen LogP contribution in [0.15, 0.2) is 62.5 Å². The number of hydrogen-bond donors (Lipinski definition) is 2. The maximum absolute atomic E-state index is 15.2. The van der Waals surface area contributed by atoms with Crippen molar-refractivity contribution in [2.45, 2.75) is 4.90 Å². The number of carbonyl (C=O) groups is 1. The lowest BCUT2D eigenvalue weighted by Crippen LogP contribution is -2.34. The van der Waals surface area contributed by atoms with Gasteiger partial charge in [0.25, 0.3) is 15.6 Å². The number of thiophene rings is 1. The third-order valence-corrected chi connectivity index (χ3v) is 8.39. The van der Waals surface area contributed by atoms with E-state index in [0.717, 1.165) is 23.2 Å². The summed E-state index contributed by atoms with van der Waals surface area (Å²) in [6.45, 7) is 0. The molecule has 3 heterocycles. The zero-order chi connectivity index (χ0) is 25.9. The molecule has 0 aliphatic heterocycles. The molecule has 2 aromatic carbocycles. The van der Waals surface area contributed by atoms with Crippen LogP contribution >= 0.6 is 22.9 Å². The average Bonchev–Trinajstić information content (AvgIpc) is 3.44. The summed E-state index contributed by atoms with van der Waals surface area (Å²) in [5.74, 6) is -2.94. The minimum absolute atomic E-state index is 0.0406. The minimum atomic E-state index is -4.46. The first-order chi connectivity index (χ1) is 17.0. The number of carboxylic acid groups (broad SMARTS) is 1. The molecule has 0 bridgehead atoms. The second kappa shape index (κ2) is 8.33. The van der Waals surface area contributed by atoms with Gasteiger partial charge in [0.15, 0.2) is 5.82 Å². The second-order valence-corrected chi connectivity index (χ2v) is 10.6. The number of methoxy groups -OCH3 is 1. The van der Waals surface area contributed by atoms with Gasteiger partial charge < -0.3 is 14.8 Å². The lowest BCUT2D eigenvalue weighted by Gasteiger charge is -2.15. The van der Waals surface area contributed by atoms with Gasteiger partial charge in [0.05, 0.1) is 29.2 Å². The standard InChI is InChI=1S/C22H13ClFN3O7S2/c1-34-16-7-12(24)15(27-20(28)18-13(25-22(27)31)9-35-19(18)21(29)30)8-17(16)36(32,33)26-5-4-10-2-3-11(23)6-14(10)26/h2-9H,1H3,(H,25,31)(H,29,30). The molecule has 0 aliphatic rings. The molecule has 0 spiro atoms. The number of aromatic amines is 1. The second-order valence-electron chi connectivity index (χ2n) is 7.50. The maximum Gasteiger partial charge on any atom is 0.346 e. The molecule has 5 aromatic rings. The number of aromatic nitrogens is 3. The van der Waals surface area contributed by atoms with E-state index >= 15 is 4.39 Å². The topological polar surface area (TPSA) is 140 Å². The van der Waals surface area contributed by atoms with Crippen LogP contribution in [0.4, 0.5) is 4.39 Å². The Labute approximate surface area is 209 Å². The van der Waals surface area contributed by atoms with E-state index < -0.39 is 43.6 Å². The highest BCUT2D eigenvalue weighted by Crippen LogP contribution is 2.33. The Morgan fingerprint density at radius 1 is 1.19 bits per heavy atom. The van der Waals surface area contributed by atoms with Crippen molar-refractivity contribution in [1.29, 1.82) is 0 Å². The normalized spacial score (nSPS) is 11.9. The first-order valence-electron chi connectivity index (χ1n) is 9.94. The number of rotatable bonds is 5. The Kier molecular flexibility index (Phi) is 5.50. The molecule has 10 nitrogen and oxygen atoms in total. The third-order valence-electron chi connectivity index (χ3n) is 5.48. The van der Waals surface area contributed by atoms with Crippen LogP contribution in [0.25, 0.3) is 27.5 Å². The quantitative estimate of drug-likeness (QED) is 0.342. The van der Waals surface area contributed by atoms with Crippen LogP contribution in [-0.4, -0.2) is 40.1 Å². The van der Waals surface area contributed by atoms with Crippen molar-refractivity contribution in [2.75, 3.05) is 7.11 Å². The number of nitrogens with one attached hydrogen (secondary N) is 1. The van der Waals surface area contributed by atoms with E-state index in [-0.39, 0.29) is 32.1 Å². The lowest BCUT2D eigenvalue weighted by molar-refractivity contribution is 0.0704. The zero-order valence-corrected chi connectivity index (χ0v) is 20.4. The number of nitrogens with zero attached hydrogens (tertiary/aromatic N) is 2. The summed E-state index contributed by atoms with van der Waals surface area (Å²) in [5, 5.41) is 11.2. The van der Waals surface area contributed by atoms with Crippen molar-refractivity contribution in [3.05, 3.63) is 84.5 Å². The first kappa shape index (κ1) is 23.8. The van der Waals surface area contributed by atoms with Crippen molar-refractivity contribution in [3.8, 4) is 11.4 Å². The van der Waals surface area contributed by atoms with Gasteiger partial charge in [0.1, 0.15) is 15.5 Å². The highest BCUT2D eigenvalue weighted by Gasteiger charge is 2.28. The fourth-order valence-corrected chi connectivity index (χ4v) is 6.36. The van der Waals surface area contributed by atoms with E-state index in [1.807, 2.05) is 0 Å². The molecule has 2 N–H and O–H groups in total. The van der Waals surface area contributed by atoms with Crippen LogP contribution in [0.5, 0.6) is 5.75 Å². The van der Waals surface area contributed by atoms with Crippen LogP contribution in [0.2, 0.25) is 5.02 Å². The van der Waals surface area contributed by atoms with Gasteiger partial charge >= 0.3 is 11.7 Å². The molecular weight excluding hydrogens is 537 g/mol. The van der Waals surface area contributed by atoms with Gasteiger partial charge in [-0.15, -0.1) is 11.3 Å². The SMILES string of the molecule is COc1cc(F)c(-n2c(=O)[nH]c3csc(C(=O)O)c3c2=O)cc1S(=O)(=O)n1ccc2ccc(Cl)cc21. The number of halogens is 2. The molecule has 0 unspecified atom stereocenters. The van der Waals surface area contributed by atoms with Crippen molar-refractivity contribution in [1.82, 2.24) is 13.5 Å². The highest BCUT2D eigenvalue weighted by molar-refractivity contribution is 7.90. The molecule has 184 valence electrons. The Morgan fingerprint density at radius 2 is 1.94 bits per heavy atom. The van der Waals surface area contributed by atoms with E-state index in [1.54, 1.807) is 12.1 Å². The summed E-state index contributed by atoms with van der Waals surface area (Å²) in [4.78, 5) is 38.9. The van der Waals surface area contributed by atoms with Gasteiger partial charge in [-0.3, -0.25) is 4.79 Å². The van der Waals surface area contributed by atoms with E-state index in [4.69, 9.17) is 16.3 Å². The number of H-pyrrole nitrogens is 1. The number of carboxylic acids is 1. The third kappa shape index (κ3) is 3.51. The fraction of sp³-hybridized carbons (Fsp3) is 0.0455. The molecule has 3 aromatic heterocycles. The molecule has 0 saturated carbocycles. The molecule has 5 rings (SSSR count). The smallest absolute Gasteiger partial charge is 0.346 e. The van der Waals surface area contributed by atoms with Crippen LogP contribution in [-0.2, 0) is 10.0 Å². The van der Waals surface area contributed by atoms with E-state index in [0.29, 0.717) is 21.3 Å². The number of hydrogen-bond acceptors (Lipinski definition) is 7. The van der Waals surface area contributed by atoms with E-state index in [1.165, 1.54) is 23.7 Å². The average molecular weight is 550 g/mol. The summed E-state index contributed by atoms with van der Waals surface area (Å²) in [7, 11) is -3.33. The Morgan fingerprint density at radius 3 is 2.64 bits per heavy atom. The van der Waals surface area contributed by atoms with Crippen LogP contribution in [0.1, 0.15) is 9.67 Å². The Bertz CT molecular complexity index is 1950. The molecule has 36 heavy (non-hydrogen) atoms. The van der Waals surface area contributed by atoms with Crippen molar-refractivity contribution in [3.63, 3.8) is 0 Å². The van der Waals surface area contributed by atoms with Crippen LogP contribution in [0.3, 0.4) is 0 Å². The van der Waals surface area contributed by atoms with E-state index in [9.17, 15) is 27.9 Å². The van der Waals surface area contributed by atoms with Gasteiger partial charge in [-0.05, 0) is 24.3 Å². The molecule has 0 radical (unpaired) electrons. The molecule has 0 atom stereocenters. The van der Waals surface area contributed by atoms with Gasteiger partial charge in [0, 0.05) is 28.1 Å². The fourth-order valence-electron chi connectivity index (χ4n) is 3.86. The van der Waals surface area contributed by atoms with Crippen molar-refractivity contribution in [2.24, 2.45) is 0 Å². The van der Waals surface area contributed by atoms with Crippen molar-refractivity contribution >= 4 is 60.7 Å². The van der Waals surface area contributed by atoms with Crippen LogP contribution < -0.4 is 16.0 Å². The first-order valence-corrected chi connectivity index (χ1v) is 12.6. The summed E-state index contributed by atoms with van der Waals surface area (Å²) >= 11 is 6.75. The molecule has 0 amide bonds. The molecule has 14 heteroatoms. The monoisotopic (exact) mass is 549 g/mol. The van der Waals surface area contributed by atoms with Gasteiger partial charge in [-0.25, -0.2) is 30.9 Å². The molecule has 0 fully saturated rings. The number of fused-ring (bicyclic) bond motifs is 2. The summed E-state index contributed by atoms with van der Waals surface area (Å²) in [6, 6.07) is 7.68. The maximum atomic E-state index is 15.2. The lowest BCUT2D eigenvalue weighted by atomic mass is 10.2. The predicted octanol–water partition coefficient (Wildman–Crippen LogP) is 3.43.